The van der Waals surface area contributed by atoms with Crippen LogP contribution in [-0.4, -0.2) is 23.9 Å². The van der Waals surface area contributed by atoms with Crippen LogP contribution in [0.2, 0.25) is 0 Å². The maximum atomic E-state index is 13.0. The monoisotopic (exact) mass is 320 g/mol. The zero-order valence-electron chi connectivity index (χ0n) is 13.0. The van der Waals surface area contributed by atoms with Crippen molar-refractivity contribution in [3.05, 3.63) is 46.8 Å². The van der Waals surface area contributed by atoms with E-state index >= 15 is 0 Å². The fourth-order valence-electron chi connectivity index (χ4n) is 2.61. The number of hydrogen-bond donors (Lipinski definition) is 0. The third-order valence-corrected chi connectivity index (χ3v) is 6.09. The lowest BCUT2D eigenvalue weighted by Crippen LogP contribution is -2.33. The Bertz CT molecular complexity index is 755. The Labute approximate surface area is 131 Å². The first-order valence-electron chi connectivity index (χ1n) is 7.40. The smallest absolute Gasteiger partial charge is 0.249 e. The number of aromatic nitrogens is 1. The Morgan fingerprint density at radius 1 is 1.18 bits per heavy atom. The molecule has 1 aliphatic rings. The lowest BCUT2D eigenvalue weighted by molar-refractivity contribution is 0.384. The summed E-state index contributed by atoms with van der Waals surface area (Å²) in [6.45, 7) is 5.71. The van der Waals surface area contributed by atoms with E-state index in [1.165, 1.54) is 0 Å². The number of benzene rings is 1. The van der Waals surface area contributed by atoms with Gasteiger partial charge >= 0.3 is 0 Å². The van der Waals surface area contributed by atoms with Crippen LogP contribution in [0, 0.1) is 20.8 Å². The van der Waals surface area contributed by atoms with Crippen LogP contribution in [0.25, 0.3) is 0 Å². The minimum Gasteiger partial charge on any atom is -0.360 e. The van der Waals surface area contributed by atoms with Gasteiger partial charge in [-0.1, -0.05) is 35.0 Å². The van der Waals surface area contributed by atoms with Crippen molar-refractivity contribution in [2.45, 2.75) is 51.1 Å². The van der Waals surface area contributed by atoms with E-state index < -0.39 is 10.0 Å². The molecule has 0 amide bonds. The number of sulfonamides is 1. The number of nitrogens with zero attached hydrogens (tertiary/aromatic N) is 2. The van der Waals surface area contributed by atoms with Gasteiger partial charge in [-0.3, -0.25) is 0 Å². The highest BCUT2D eigenvalue weighted by Crippen LogP contribution is 2.35. The first-order valence-corrected chi connectivity index (χ1v) is 8.84. The van der Waals surface area contributed by atoms with Crippen LogP contribution >= 0.6 is 0 Å². The predicted octanol–water partition coefficient (Wildman–Crippen LogP) is 2.95. The maximum absolute atomic E-state index is 13.0. The number of rotatable bonds is 5. The molecule has 0 unspecified atom stereocenters. The highest BCUT2D eigenvalue weighted by Gasteiger charge is 2.40. The van der Waals surface area contributed by atoms with Crippen molar-refractivity contribution in [1.82, 2.24) is 9.46 Å². The van der Waals surface area contributed by atoms with Gasteiger partial charge in [0.15, 0.2) is 5.76 Å². The quantitative estimate of drug-likeness (QED) is 0.849. The van der Waals surface area contributed by atoms with E-state index in [-0.39, 0.29) is 10.9 Å². The first kappa shape index (κ1) is 15.2. The molecule has 1 aromatic heterocycles. The zero-order chi connectivity index (χ0) is 15.9. The largest absolute Gasteiger partial charge is 0.360 e. The van der Waals surface area contributed by atoms with E-state index in [0.29, 0.717) is 18.0 Å². The van der Waals surface area contributed by atoms with Gasteiger partial charge in [-0.25, -0.2) is 8.42 Å². The third kappa shape index (κ3) is 2.80. The van der Waals surface area contributed by atoms with Crippen molar-refractivity contribution in [2.24, 2.45) is 0 Å². The molecule has 0 atom stereocenters. The molecule has 0 spiro atoms. The van der Waals surface area contributed by atoms with Crippen LogP contribution in [0.1, 0.15) is 35.4 Å². The fourth-order valence-corrected chi connectivity index (χ4v) is 4.57. The summed E-state index contributed by atoms with van der Waals surface area (Å²) in [5, 5.41) is 3.78. The molecular formula is C16H20N2O3S. The van der Waals surface area contributed by atoms with Gasteiger partial charge in [0.25, 0.3) is 0 Å². The van der Waals surface area contributed by atoms with E-state index in [0.717, 1.165) is 24.0 Å². The molecule has 1 saturated carbocycles. The standard InChI is InChI=1S/C16H20N2O3S/c1-11-4-6-14(7-5-11)10-18(15-8-9-15)22(19,20)16-12(2)17-21-13(16)3/h4-7,15H,8-10H2,1-3H3. The van der Waals surface area contributed by atoms with Gasteiger partial charge in [0.1, 0.15) is 10.6 Å². The van der Waals surface area contributed by atoms with E-state index in [1.54, 1.807) is 18.2 Å². The van der Waals surface area contributed by atoms with Crippen LogP contribution in [0.3, 0.4) is 0 Å². The van der Waals surface area contributed by atoms with E-state index in [1.807, 2.05) is 31.2 Å². The van der Waals surface area contributed by atoms with Crippen LogP contribution < -0.4 is 0 Å². The third-order valence-electron chi connectivity index (χ3n) is 3.95. The molecular weight excluding hydrogens is 300 g/mol. The Morgan fingerprint density at radius 3 is 2.32 bits per heavy atom. The molecule has 1 fully saturated rings. The molecule has 1 aromatic carbocycles. The zero-order valence-corrected chi connectivity index (χ0v) is 13.9. The fraction of sp³-hybridized carbons (Fsp3) is 0.438. The maximum Gasteiger partial charge on any atom is 0.249 e. The molecule has 0 radical (unpaired) electrons. The molecule has 3 rings (SSSR count). The van der Waals surface area contributed by atoms with Crippen LogP contribution in [0.5, 0.6) is 0 Å². The summed E-state index contributed by atoms with van der Waals surface area (Å²) < 4.78 is 32.7. The van der Waals surface area contributed by atoms with Crippen molar-refractivity contribution < 1.29 is 12.9 Å². The second-order valence-electron chi connectivity index (χ2n) is 5.92. The molecule has 6 heteroatoms. The van der Waals surface area contributed by atoms with E-state index in [9.17, 15) is 8.42 Å². The molecule has 2 aromatic rings. The van der Waals surface area contributed by atoms with Crippen molar-refractivity contribution >= 4 is 10.0 Å². The molecule has 118 valence electrons. The average molecular weight is 320 g/mol. The lowest BCUT2D eigenvalue weighted by atomic mass is 10.1. The summed E-state index contributed by atoms with van der Waals surface area (Å²) >= 11 is 0. The molecule has 1 heterocycles. The van der Waals surface area contributed by atoms with Crippen LogP contribution in [0.15, 0.2) is 33.7 Å². The average Bonchev–Trinajstić information content (AvgIpc) is 3.23. The van der Waals surface area contributed by atoms with Gasteiger partial charge < -0.3 is 4.52 Å². The molecule has 22 heavy (non-hydrogen) atoms. The topological polar surface area (TPSA) is 63.4 Å². The van der Waals surface area contributed by atoms with Gasteiger partial charge in [-0.15, -0.1) is 0 Å². The predicted molar refractivity (Wildman–Crippen MR) is 82.9 cm³/mol. The minimum absolute atomic E-state index is 0.0833. The van der Waals surface area contributed by atoms with Gasteiger partial charge in [-0.05, 0) is 39.2 Å². The van der Waals surface area contributed by atoms with Gasteiger partial charge in [0.2, 0.25) is 10.0 Å². The molecule has 0 N–H and O–H groups in total. The van der Waals surface area contributed by atoms with Crippen molar-refractivity contribution in [1.29, 1.82) is 0 Å². The summed E-state index contributed by atoms with van der Waals surface area (Å²) in [7, 11) is -3.59. The number of aryl methyl sites for hydroxylation is 3. The molecule has 5 nitrogen and oxygen atoms in total. The van der Waals surface area contributed by atoms with Crippen LogP contribution in [-0.2, 0) is 16.6 Å². The lowest BCUT2D eigenvalue weighted by Gasteiger charge is -2.21. The first-order chi connectivity index (χ1) is 10.4. The summed E-state index contributed by atoms with van der Waals surface area (Å²) in [4.78, 5) is 0.214. The van der Waals surface area contributed by atoms with Crippen molar-refractivity contribution in [3.63, 3.8) is 0 Å². The number of hydrogen-bond acceptors (Lipinski definition) is 4. The van der Waals surface area contributed by atoms with Gasteiger partial charge in [0, 0.05) is 12.6 Å². The molecule has 0 saturated heterocycles. The SMILES string of the molecule is Cc1ccc(CN(C2CC2)S(=O)(=O)c2c(C)noc2C)cc1. The van der Waals surface area contributed by atoms with Gasteiger partial charge in [-0.2, -0.15) is 4.31 Å². The van der Waals surface area contributed by atoms with E-state index in [2.05, 4.69) is 5.16 Å². The minimum atomic E-state index is -3.59. The summed E-state index contributed by atoms with van der Waals surface area (Å²) in [6, 6.07) is 8.05. The Hall–Kier alpha value is -1.66. The Kier molecular flexibility index (Phi) is 3.82. The highest BCUT2D eigenvalue weighted by atomic mass is 32.2. The van der Waals surface area contributed by atoms with Gasteiger partial charge in [0.05, 0.1) is 0 Å². The Morgan fingerprint density at radius 2 is 1.82 bits per heavy atom. The highest BCUT2D eigenvalue weighted by molar-refractivity contribution is 7.89. The summed E-state index contributed by atoms with van der Waals surface area (Å²) in [5.41, 5.74) is 2.58. The molecule has 1 aliphatic carbocycles. The summed E-state index contributed by atoms with van der Waals surface area (Å²) in [6.07, 6.45) is 1.82. The second-order valence-corrected chi connectivity index (χ2v) is 7.75. The van der Waals surface area contributed by atoms with Crippen molar-refractivity contribution in [3.8, 4) is 0 Å². The molecule has 0 bridgehead atoms. The molecule has 0 aliphatic heterocycles. The van der Waals surface area contributed by atoms with E-state index in [4.69, 9.17) is 4.52 Å². The Balaban J connectivity index is 1.96. The van der Waals surface area contributed by atoms with Crippen LogP contribution in [0.4, 0.5) is 0 Å². The second kappa shape index (κ2) is 5.52. The summed E-state index contributed by atoms with van der Waals surface area (Å²) in [5.74, 6) is 0.354. The van der Waals surface area contributed by atoms with Crippen molar-refractivity contribution in [2.75, 3.05) is 0 Å². The normalized spacial score (nSPS) is 15.5.